The molecule has 1 unspecified atom stereocenters. The zero-order valence-corrected chi connectivity index (χ0v) is 13.4. The van der Waals surface area contributed by atoms with E-state index in [1.54, 1.807) is 0 Å². The molecular formula is C21H21N. The smallest absolute Gasteiger partial charge is 0.0491 e. The number of hydrogen-bond acceptors (Lipinski definition) is 0. The molecule has 0 saturated carbocycles. The Morgan fingerprint density at radius 1 is 0.955 bits per heavy atom. The van der Waals surface area contributed by atoms with E-state index in [-0.39, 0.29) is 5.41 Å². The first-order valence-electron chi connectivity index (χ1n) is 7.93. The van der Waals surface area contributed by atoms with Crippen molar-refractivity contribution in [1.82, 2.24) is 4.98 Å². The molecule has 0 amide bonds. The van der Waals surface area contributed by atoms with Gasteiger partial charge in [0.05, 0.1) is 0 Å². The summed E-state index contributed by atoms with van der Waals surface area (Å²) >= 11 is 0. The molecule has 1 heterocycles. The van der Waals surface area contributed by atoms with Crippen LogP contribution in [0.15, 0.2) is 60.3 Å². The van der Waals surface area contributed by atoms with E-state index in [4.69, 9.17) is 0 Å². The monoisotopic (exact) mass is 287 g/mol. The third-order valence-electron chi connectivity index (χ3n) is 5.15. The highest BCUT2D eigenvalue weighted by molar-refractivity contribution is 5.72. The average molecular weight is 287 g/mol. The predicted molar refractivity (Wildman–Crippen MR) is 93.3 cm³/mol. The molecule has 1 N–H and O–H groups in total. The zero-order valence-electron chi connectivity index (χ0n) is 13.4. The molecule has 22 heavy (non-hydrogen) atoms. The molecule has 0 saturated heterocycles. The van der Waals surface area contributed by atoms with Gasteiger partial charge in [0.15, 0.2) is 0 Å². The fraction of sp³-hybridized carbons (Fsp3) is 0.238. The normalized spacial score (nSPS) is 17.6. The number of hydrogen-bond donors (Lipinski definition) is 1. The molecule has 1 aromatic rings. The van der Waals surface area contributed by atoms with Gasteiger partial charge in [0, 0.05) is 23.2 Å². The van der Waals surface area contributed by atoms with E-state index >= 15 is 0 Å². The zero-order chi connectivity index (χ0) is 15.3. The summed E-state index contributed by atoms with van der Waals surface area (Å²) in [5.41, 5.74) is 8.29. The van der Waals surface area contributed by atoms with Crippen molar-refractivity contribution < 1.29 is 0 Å². The minimum atomic E-state index is 0.0484. The molecule has 1 heteroatoms. The molecule has 1 aliphatic heterocycles. The van der Waals surface area contributed by atoms with Gasteiger partial charge in [0.1, 0.15) is 0 Å². The maximum Gasteiger partial charge on any atom is 0.0491 e. The first kappa shape index (κ1) is 13.4. The van der Waals surface area contributed by atoms with Crippen LogP contribution >= 0.6 is 0 Å². The first-order chi connectivity index (χ1) is 10.6. The lowest BCUT2D eigenvalue weighted by Crippen LogP contribution is -2.27. The highest BCUT2D eigenvalue weighted by atomic mass is 14.7. The number of aromatic nitrogens is 1. The lowest BCUT2D eigenvalue weighted by Gasteiger charge is -2.34. The maximum atomic E-state index is 3.45. The van der Waals surface area contributed by atoms with Crippen LogP contribution in [0.25, 0.3) is 17.3 Å². The summed E-state index contributed by atoms with van der Waals surface area (Å²) in [6.07, 6.45) is 4.36. The largest absolute Gasteiger partial charge is 0.361 e. The SMILES string of the molecule is CC1=Cc2ccccc2C1C(C)(C)c1ccc2ccc[nH]c1-2. The molecule has 0 bridgehead atoms. The number of benzene rings is 1. The average Bonchev–Trinajstić information content (AvgIpc) is 3.07. The van der Waals surface area contributed by atoms with Crippen LogP contribution < -0.4 is 0 Å². The number of rotatable bonds is 2. The van der Waals surface area contributed by atoms with Crippen LogP contribution in [0.3, 0.4) is 0 Å². The van der Waals surface area contributed by atoms with Gasteiger partial charge in [-0.25, -0.2) is 0 Å². The van der Waals surface area contributed by atoms with E-state index in [9.17, 15) is 0 Å². The van der Waals surface area contributed by atoms with E-state index in [0.29, 0.717) is 5.92 Å². The van der Waals surface area contributed by atoms with E-state index in [1.165, 1.54) is 33.5 Å². The third kappa shape index (κ3) is 1.78. The van der Waals surface area contributed by atoms with E-state index in [0.717, 1.165) is 0 Å². The topological polar surface area (TPSA) is 15.8 Å². The summed E-state index contributed by atoms with van der Waals surface area (Å²) in [7, 11) is 0. The number of fused-ring (bicyclic) bond motifs is 2. The van der Waals surface area contributed by atoms with Crippen LogP contribution in [0, 0.1) is 0 Å². The fourth-order valence-corrected chi connectivity index (χ4v) is 4.21. The van der Waals surface area contributed by atoms with Crippen molar-refractivity contribution in [3.05, 3.63) is 77.0 Å². The molecular weight excluding hydrogens is 266 g/mol. The van der Waals surface area contributed by atoms with Gasteiger partial charge >= 0.3 is 0 Å². The van der Waals surface area contributed by atoms with E-state index < -0.39 is 0 Å². The Balaban J connectivity index is 1.87. The van der Waals surface area contributed by atoms with Crippen LogP contribution in [-0.2, 0) is 5.41 Å². The minimum absolute atomic E-state index is 0.0484. The molecule has 1 atom stereocenters. The van der Waals surface area contributed by atoms with Gasteiger partial charge in [-0.05, 0) is 35.2 Å². The van der Waals surface area contributed by atoms with Gasteiger partial charge in [0.2, 0.25) is 0 Å². The standard InChI is InChI=1S/C21H21N/c1-14-13-16-7-4-5-9-17(16)19(14)21(2,3)18-11-10-15-8-6-12-22-20(15)18/h4-13,19,22H,1-3H3. The highest BCUT2D eigenvalue weighted by Gasteiger charge is 2.39. The number of nitrogens with one attached hydrogen (secondary N) is 1. The van der Waals surface area contributed by atoms with Crippen molar-refractivity contribution in [3.8, 4) is 11.3 Å². The van der Waals surface area contributed by atoms with Crippen molar-refractivity contribution >= 4 is 6.08 Å². The van der Waals surface area contributed by atoms with Gasteiger partial charge in [-0.1, -0.05) is 68.0 Å². The highest BCUT2D eigenvalue weighted by Crippen LogP contribution is 2.50. The van der Waals surface area contributed by atoms with Gasteiger partial charge in [-0.3, -0.25) is 0 Å². The van der Waals surface area contributed by atoms with Gasteiger partial charge in [-0.2, -0.15) is 0 Å². The van der Waals surface area contributed by atoms with Crippen molar-refractivity contribution in [3.63, 3.8) is 0 Å². The van der Waals surface area contributed by atoms with Crippen molar-refractivity contribution in [1.29, 1.82) is 0 Å². The fourth-order valence-electron chi connectivity index (χ4n) is 4.21. The van der Waals surface area contributed by atoms with Crippen LogP contribution in [0.1, 0.15) is 43.4 Å². The van der Waals surface area contributed by atoms with Gasteiger partial charge in [-0.15, -0.1) is 0 Å². The molecule has 3 aliphatic rings. The molecule has 0 aromatic heterocycles. The van der Waals surface area contributed by atoms with Gasteiger partial charge in [0.25, 0.3) is 0 Å². The Bertz CT molecular complexity index is 835. The van der Waals surface area contributed by atoms with Gasteiger partial charge < -0.3 is 4.98 Å². The second-order valence-electron chi connectivity index (χ2n) is 6.92. The molecule has 4 rings (SSSR count). The molecule has 0 radical (unpaired) electrons. The van der Waals surface area contributed by atoms with E-state index in [2.05, 4.69) is 80.4 Å². The molecule has 1 aromatic carbocycles. The number of aromatic amines is 1. The van der Waals surface area contributed by atoms with Crippen molar-refractivity contribution in [2.45, 2.75) is 32.1 Å². The van der Waals surface area contributed by atoms with Crippen molar-refractivity contribution in [2.24, 2.45) is 0 Å². The second kappa shape index (κ2) is 4.61. The Labute approximate surface area is 132 Å². The number of H-pyrrole nitrogens is 1. The first-order valence-corrected chi connectivity index (χ1v) is 7.93. The number of allylic oxidation sites excluding steroid dienone is 1. The van der Waals surface area contributed by atoms with E-state index in [1.807, 2.05) is 6.20 Å². The quantitative estimate of drug-likeness (QED) is 0.631. The van der Waals surface area contributed by atoms with Crippen molar-refractivity contribution in [2.75, 3.05) is 0 Å². The number of pyridine rings is 1. The predicted octanol–water partition coefficient (Wildman–Crippen LogP) is 5.60. The second-order valence-corrected chi connectivity index (χ2v) is 6.92. The lowest BCUT2D eigenvalue weighted by molar-refractivity contribution is 0.460. The van der Waals surface area contributed by atoms with Crippen LogP contribution in [0.2, 0.25) is 0 Å². The summed E-state index contributed by atoms with van der Waals surface area (Å²) in [6.45, 7) is 7.00. The van der Waals surface area contributed by atoms with Crippen LogP contribution in [0.5, 0.6) is 0 Å². The Morgan fingerprint density at radius 2 is 1.77 bits per heavy atom. The molecule has 1 nitrogen and oxygen atoms in total. The summed E-state index contributed by atoms with van der Waals surface area (Å²) in [6, 6.07) is 17.5. The maximum absolute atomic E-state index is 3.45. The Morgan fingerprint density at radius 3 is 2.64 bits per heavy atom. The summed E-state index contributed by atoms with van der Waals surface area (Å²) in [5, 5.41) is 0. The lowest BCUT2D eigenvalue weighted by atomic mass is 9.69. The summed E-state index contributed by atoms with van der Waals surface area (Å²) in [4.78, 5) is 3.45. The van der Waals surface area contributed by atoms with Crippen LogP contribution in [-0.4, -0.2) is 4.98 Å². The molecule has 0 spiro atoms. The molecule has 2 aliphatic carbocycles. The summed E-state index contributed by atoms with van der Waals surface area (Å²) < 4.78 is 0. The third-order valence-corrected chi connectivity index (χ3v) is 5.15. The minimum Gasteiger partial charge on any atom is -0.361 e. The van der Waals surface area contributed by atoms with Crippen LogP contribution in [0.4, 0.5) is 0 Å². The Kier molecular flexibility index (Phi) is 2.80. The molecule has 0 fully saturated rings. The molecule has 110 valence electrons. The summed E-state index contributed by atoms with van der Waals surface area (Å²) in [5.74, 6) is 0.433. The Hall–Kier alpha value is -2.28.